The van der Waals surface area contributed by atoms with E-state index in [1.165, 1.54) is 12.4 Å². The van der Waals surface area contributed by atoms with Crippen molar-refractivity contribution in [2.45, 2.75) is 0 Å². The number of carbonyl (C=O) groups excluding carboxylic acids is 1. The number of hydrogen-bond acceptors (Lipinski definition) is 7. The van der Waals surface area contributed by atoms with Crippen LogP contribution in [0.3, 0.4) is 0 Å². The first-order chi connectivity index (χ1) is 13.6. The highest BCUT2D eigenvalue weighted by Gasteiger charge is 2.13. The Morgan fingerprint density at radius 2 is 1.86 bits per heavy atom. The molecule has 0 aliphatic heterocycles. The van der Waals surface area contributed by atoms with Gasteiger partial charge in [0.2, 0.25) is 0 Å². The van der Waals surface area contributed by atoms with Gasteiger partial charge in [-0.05, 0) is 24.3 Å². The predicted molar refractivity (Wildman–Crippen MR) is 104 cm³/mol. The number of nitriles is 1. The maximum atomic E-state index is 12.5. The summed E-state index contributed by atoms with van der Waals surface area (Å²) in [4.78, 5) is 20.7. The summed E-state index contributed by atoms with van der Waals surface area (Å²) in [5, 5.41) is 14.9. The minimum absolute atomic E-state index is 0.145. The second kappa shape index (κ2) is 8.51. The number of amides is 1. The minimum atomic E-state index is -0.453. The number of hydrogen-bond donors (Lipinski definition) is 2. The van der Waals surface area contributed by atoms with Crippen molar-refractivity contribution in [3.8, 4) is 17.6 Å². The Hall–Kier alpha value is -4.12. The van der Waals surface area contributed by atoms with Gasteiger partial charge in [0.05, 0.1) is 31.2 Å². The number of nitrogens with one attached hydrogen (secondary N) is 2. The molecule has 8 heteroatoms. The summed E-state index contributed by atoms with van der Waals surface area (Å²) in [5.74, 6) is 1.18. The summed E-state index contributed by atoms with van der Waals surface area (Å²) < 4.78 is 10.6. The van der Waals surface area contributed by atoms with Crippen LogP contribution in [0.4, 0.5) is 17.2 Å². The highest BCUT2D eigenvalue weighted by atomic mass is 16.5. The highest BCUT2D eigenvalue weighted by molar-refractivity contribution is 6.04. The number of ether oxygens (including phenoxy) is 2. The van der Waals surface area contributed by atoms with Crippen molar-refractivity contribution < 1.29 is 14.3 Å². The predicted octanol–water partition coefficient (Wildman–Crippen LogP) is 3.36. The molecule has 3 rings (SSSR count). The molecule has 3 aromatic rings. The normalized spacial score (nSPS) is 9.89. The van der Waals surface area contributed by atoms with Crippen molar-refractivity contribution in [2.24, 2.45) is 0 Å². The lowest BCUT2D eigenvalue weighted by molar-refractivity contribution is 0.102. The van der Waals surface area contributed by atoms with Crippen molar-refractivity contribution in [1.82, 2.24) is 9.97 Å². The molecule has 0 aliphatic carbocycles. The zero-order valence-corrected chi connectivity index (χ0v) is 15.3. The molecule has 28 heavy (non-hydrogen) atoms. The Kier molecular flexibility index (Phi) is 5.67. The molecule has 0 spiro atoms. The highest BCUT2D eigenvalue weighted by Crippen LogP contribution is 2.31. The number of anilines is 3. The number of nitrogens with zero attached hydrogens (tertiary/aromatic N) is 3. The molecular formula is C20H17N5O3. The zero-order valence-electron chi connectivity index (χ0n) is 15.3. The van der Waals surface area contributed by atoms with E-state index in [2.05, 4.69) is 20.6 Å². The van der Waals surface area contributed by atoms with E-state index in [4.69, 9.17) is 14.7 Å². The van der Waals surface area contributed by atoms with E-state index in [9.17, 15) is 4.79 Å². The molecule has 2 aromatic carbocycles. The lowest BCUT2D eigenvalue weighted by Crippen LogP contribution is -2.15. The summed E-state index contributed by atoms with van der Waals surface area (Å²) in [6.45, 7) is 0. The summed E-state index contributed by atoms with van der Waals surface area (Å²) in [7, 11) is 3.12. The van der Waals surface area contributed by atoms with Crippen LogP contribution < -0.4 is 20.1 Å². The number of methoxy groups -OCH3 is 2. The fourth-order valence-corrected chi connectivity index (χ4v) is 2.48. The molecule has 0 aliphatic rings. The molecule has 8 nitrogen and oxygen atoms in total. The van der Waals surface area contributed by atoms with Crippen LogP contribution in [-0.4, -0.2) is 30.1 Å². The van der Waals surface area contributed by atoms with Crippen LogP contribution in [0.15, 0.2) is 54.9 Å². The molecule has 0 bridgehead atoms. The molecule has 0 unspecified atom stereocenters. The molecule has 140 valence electrons. The maximum absolute atomic E-state index is 12.5. The first kappa shape index (κ1) is 18.7. The summed E-state index contributed by atoms with van der Waals surface area (Å²) >= 11 is 0. The lowest BCUT2D eigenvalue weighted by Gasteiger charge is -2.12. The quantitative estimate of drug-likeness (QED) is 0.680. The molecule has 0 saturated carbocycles. The summed E-state index contributed by atoms with van der Waals surface area (Å²) in [6, 6.07) is 15.6. The third kappa shape index (κ3) is 4.16. The van der Waals surface area contributed by atoms with Gasteiger partial charge in [-0.15, -0.1) is 0 Å². The summed E-state index contributed by atoms with van der Waals surface area (Å²) in [5.41, 5.74) is 1.55. The van der Waals surface area contributed by atoms with Crippen LogP contribution >= 0.6 is 0 Å². The Morgan fingerprint density at radius 3 is 2.61 bits per heavy atom. The first-order valence-corrected chi connectivity index (χ1v) is 8.26. The fourth-order valence-electron chi connectivity index (χ4n) is 2.48. The standard InChI is InChI=1S/C20H17N5O3/c1-27-14-7-8-18(28-2)16(9-14)24-19-10-17(22-12-23-19)20(26)25-15-6-4-3-5-13(15)11-21/h3-10,12H,1-2H3,(H,25,26)(H,22,23,24). The van der Waals surface area contributed by atoms with Gasteiger partial charge in [0.1, 0.15) is 35.4 Å². The molecule has 0 radical (unpaired) electrons. The number of aromatic nitrogens is 2. The zero-order chi connectivity index (χ0) is 19.9. The number of carbonyl (C=O) groups is 1. The Bertz CT molecular complexity index is 1050. The van der Waals surface area contributed by atoms with Gasteiger partial charge in [0.25, 0.3) is 5.91 Å². The molecule has 0 atom stereocenters. The largest absolute Gasteiger partial charge is 0.497 e. The van der Waals surface area contributed by atoms with E-state index >= 15 is 0 Å². The second-order valence-corrected chi connectivity index (χ2v) is 5.59. The van der Waals surface area contributed by atoms with Gasteiger partial charge in [-0.2, -0.15) is 5.26 Å². The molecule has 1 heterocycles. The van der Waals surface area contributed by atoms with Crippen LogP contribution in [0.5, 0.6) is 11.5 Å². The molecule has 0 fully saturated rings. The molecule has 1 amide bonds. The number of benzene rings is 2. The third-order valence-corrected chi connectivity index (χ3v) is 3.86. The van der Waals surface area contributed by atoms with Gasteiger partial charge < -0.3 is 20.1 Å². The van der Waals surface area contributed by atoms with E-state index in [0.29, 0.717) is 34.3 Å². The van der Waals surface area contributed by atoms with E-state index in [-0.39, 0.29) is 5.69 Å². The Labute approximate surface area is 161 Å². The van der Waals surface area contributed by atoms with Gasteiger partial charge in [-0.1, -0.05) is 12.1 Å². The number of rotatable bonds is 6. The van der Waals surface area contributed by atoms with Crippen LogP contribution in [0.1, 0.15) is 16.1 Å². The molecule has 1 aromatic heterocycles. The SMILES string of the molecule is COc1ccc(OC)c(Nc2cc(C(=O)Nc3ccccc3C#N)ncn2)c1. The molecular weight excluding hydrogens is 358 g/mol. The van der Waals surface area contributed by atoms with Gasteiger partial charge in [-0.3, -0.25) is 4.79 Å². The minimum Gasteiger partial charge on any atom is -0.497 e. The van der Waals surface area contributed by atoms with Crippen LogP contribution in [0.25, 0.3) is 0 Å². The van der Waals surface area contributed by atoms with Gasteiger partial charge in [-0.25, -0.2) is 9.97 Å². The fraction of sp³-hybridized carbons (Fsp3) is 0.100. The molecule has 2 N–H and O–H groups in total. The smallest absolute Gasteiger partial charge is 0.274 e. The maximum Gasteiger partial charge on any atom is 0.274 e. The van der Waals surface area contributed by atoms with Gasteiger partial charge in [0, 0.05) is 12.1 Å². The van der Waals surface area contributed by atoms with Crippen molar-refractivity contribution >= 4 is 23.1 Å². The van der Waals surface area contributed by atoms with Gasteiger partial charge in [0.15, 0.2) is 0 Å². The topological polar surface area (TPSA) is 109 Å². The van der Waals surface area contributed by atoms with Gasteiger partial charge >= 0.3 is 0 Å². The van der Waals surface area contributed by atoms with Crippen molar-refractivity contribution in [3.05, 3.63) is 66.1 Å². The lowest BCUT2D eigenvalue weighted by atomic mass is 10.2. The van der Waals surface area contributed by atoms with E-state index in [1.54, 1.807) is 56.7 Å². The first-order valence-electron chi connectivity index (χ1n) is 8.26. The average Bonchev–Trinajstić information content (AvgIpc) is 2.74. The van der Waals surface area contributed by atoms with E-state index in [1.807, 2.05) is 6.07 Å². The third-order valence-electron chi connectivity index (χ3n) is 3.86. The van der Waals surface area contributed by atoms with Crippen molar-refractivity contribution in [1.29, 1.82) is 5.26 Å². The van der Waals surface area contributed by atoms with E-state index < -0.39 is 5.91 Å². The second-order valence-electron chi connectivity index (χ2n) is 5.59. The van der Waals surface area contributed by atoms with Crippen LogP contribution in [-0.2, 0) is 0 Å². The van der Waals surface area contributed by atoms with Crippen LogP contribution in [0, 0.1) is 11.3 Å². The Balaban J connectivity index is 1.83. The monoisotopic (exact) mass is 375 g/mol. The van der Waals surface area contributed by atoms with Crippen molar-refractivity contribution in [3.63, 3.8) is 0 Å². The van der Waals surface area contributed by atoms with Crippen molar-refractivity contribution in [2.75, 3.05) is 24.9 Å². The summed E-state index contributed by atoms with van der Waals surface area (Å²) in [6.07, 6.45) is 1.28. The van der Waals surface area contributed by atoms with Crippen LogP contribution in [0.2, 0.25) is 0 Å². The molecule has 0 saturated heterocycles. The number of para-hydroxylation sites is 1. The Morgan fingerprint density at radius 1 is 1.04 bits per heavy atom. The average molecular weight is 375 g/mol. The van der Waals surface area contributed by atoms with E-state index in [0.717, 1.165) is 0 Å².